The molecule has 0 unspecified atom stereocenters. The van der Waals surface area contributed by atoms with Crippen molar-refractivity contribution in [3.8, 4) is 16.3 Å². The number of nitrogens with one attached hydrogen (secondary N) is 2. The fourth-order valence-electron chi connectivity index (χ4n) is 2.26. The van der Waals surface area contributed by atoms with E-state index < -0.39 is 0 Å². The van der Waals surface area contributed by atoms with Gasteiger partial charge >= 0.3 is 0 Å². The summed E-state index contributed by atoms with van der Waals surface area (Å²) in [6.45, 7) is 2.77. The van der Waals surface area contributed by atoms with Crippen molar-refractivity contribution in [2.75, 3.05) is 12.4 Å². The zero-order valence-electron chi connectivity index (χ0n) is 12.0. The van der Waals surface area contributed by atoms with Gasteiger partial charge in [-0.1, -0.05) is 6.07 Å². The molecule has 3 aromatic rings. The van der Waals surface area contributed by atoms with E-state index in [0.717, 1.165) is 34.8 Å². The summed E-state index contributed by atoms with van der Waals surface area (Å²) in [5, 5.41) is 12.7. The summed E-state index contributed by atoms with van der Waals surface area (Å²) >= 11 is 1.71. The first-order valence-electron chi connectivity index (χ1n) is 6.72. The van der Waals surface area contributed by atoms with Crippen LogP contribution in [-0.4, -0.2) is 17.3 Å². The van der Waals surface area contributed by atoms with Crippen LogP contribution in [0.1, 0.15) is 11.1 Å². The van der Waals surface area contributed by atoms with E-state index in [-0.39, 0.29) is 0 Å². The SMILES string of the molecule is COc1ccc(NCc2cn[nH]c2-c2cccs2)cc1C. The van der Waals surface area contributed by atoms with E-state index in [1.54, 1.807) is 18.4 Å². The third-order valence-electron chi connectivity index (χ3n) is 3.36. The summed E-state index contributed by atoms with van der Waals surface area (Å²) < 4.78 is 5.28. The molecule has 108 valence electrons. The maximum Gasteiger partial charge on any atom is 0.121 e. The predicted molar refractivity (Wildman–Crippen MR) is 87.0 cm³/mol. The molecule has 2 N–H and O–H groups in total. The van der Waals surface area contributed by atoms with E-state index in [1.165, 1.54) is 4.88 Å². The second-order valence-electron chi connectivity index (χ2n) is 4.79. The summed E-state index contributed by atoms with van der Waals surface area (Å²) in [5.74, 6) is 0.906. The average Bonchev–Trinajstić information content (AvgIpc) is 3.16. The molecule has 3 rings (SSSR count). The third kappa shape index (κ3) is 2.92. The van der Waals surface area contributed by atoms with Crippen molar-refractivity contribution in [3.63, 3.8) is 0 Å². The molecular weight excluding hydrogens is 282 g/mol. The summed E-state index contributed by atoms with van der Waals surface area (Å²) in [6.07, 6.45) is 1.87. The Morgan fingerprint density at radius 2 is 2.24 bits per heavy atom. The Labute approximate surface area is 127 Å². The lowest BCUT2D eigenvalue weighted by Crippen LogP contribution is -2.00. The number of H-pyrrole nitrogens is 1. The highest BCUT2D eigenvalue weighted by atomic mass is 32.1. The molecule has 0 saturated carbocycles. The van der Waals surface area contributed by atoms with Crippen LogP contribution in [0.15, 0.2) is 41.9 Å². The molecule has 0 aliphatic rings. The van der Waals surface area contributed by atoms with E-state index in [2.05, 4.69) is 33.0 Å². The van der Waals surface area contributed by atoms with Gasteiger partial charge in [-0.3, -0.25) is 5.10 Å². The van der Waals surface area contributed by atoms with E-state index in [0.29, 0.717) is 0 Å². The molecule has 0 aliphatic heterocycles. The van der Waals surface area contributed by atoms with E-state index >= 15 is 0 Å². The number of thiophene rings is 1. The van der Waals surface area contributed by atoms with Gasteiger partial charge < -0.3 is 10.1 Å². The quantitative estimate of drug-likeness (QED) is 0.746. The van der Waals surface area contributed by atoms with Gasteiger partial charge in [0.1, 0.15) is 5.75 Å². The highest BCUT2D eigenvalue weighted by molar-refractivity contribution is 7.13. The van der Waals surface area contributed by atoms with Crippen molar-refractivity contribution >= 4 is 17.0 Å². The molecule has 0 fully saturated rings. The Balaban J connectivity index is 1.74. The molecule has 0 bridgehead atoms. The Hall–Kier alpha value is -2.27. The number of rotatable bonds is 5. The van der Waals surface area contributed by atoms with Crippen LogP contribution in [0.2, 0.25) is 0 Å². The molecule has 2 aromatic heterocycles. The van der Waals surface area contributed by atoms with Crippen molar-refractivity contribution in [1.82, 2.24) is 10.2 Å². The number of aromatic amines is 1. The first kappa shape index (κ1) is 13.7. The highest BCUT2D eigenvalue weighted by Gasteiger charge is 2.08. The average molecular weight is 299 g/mol. The van der Waals surface area contributed by atoms with Crippen molar-refractivity contribution in [2.24, 2.45) is 0 Å². The molecule has 1 aromatic carbocycles. The minimum Gasteiger partial charge on any atom is -0.496 e. The van der Waals surface area contributed by atoms with Gasteiger partial charge in [0, 0.05) is 17.8 Å². The van der Waals surface area contributed by atoms with Gasteiger partial charge in [-0.15, -0.1) is 11.3 Å². The zero-order chi connectivity index (χ0) is 14.7. The largest absolute Gasteiger partial charge is 0.496 e. The lowest BCUT2D eigenvalue weighted by atomic mass is 10.2. The lowest BCUT2D eigenvalue weighted by Gasteiger charge is -2.10. The number of ether oxygens (including phenoxy) is 1. The van der Waals surface area contributed by atoms with Crippen LogP contribution in [0.25, 0.3) is 10.6 Å². The Morgan fingerprint density at radius 1 is 1.33 bits per heavy atom. The highest BCUT2D eigenvalue weighted by Crippen LogP contribution is 2.27. The van der Waals surface area contributed by atoms with E-state index in [9.17, 15) is 0 Å². The predicted octanol–water partition coefficient (Wildman–Crippen LogP) is 4.07. The summed E-state index contributed by atoms with van der Waals surface area (Å²) in [6, 6.07) is 10.2. The van der Waals surface area contributed by atoms with Crippen LogP contribution >= 0.6 is 11.3 Å². The maximum atomic E-state index is 5.28. The van der Waals surface area contributed by atoms with Gasteiger partial charge in [0.25, 0.3) is 0 Å². The maximum absolute atomic E-state index is 5.28. The molecule has 0 aliphatic carbocycles. The number of hydrogen-bond acceptors (Lipinski definition) is 4. The van der Waals surface area contributed by atoms with Crippen molar-refractivity contribution in [1.29, 1.82) is 0 Å². The molecule has 0 spiro atoms. The summed E-state index contributed by atoms with van der Waals surface area (Å²) in [5.41, 5.74) is 4.44. The standard InChI is InChI=1S/C16H17N3OS/c1-11-8-13(5-6-14(11)20-2)17-9-12-10-18-19-16(12)15-4-3-7-21-15/h3-8,10,17H,9H2,1-2H3,(H,18,19). The number of methoxy groups -OCH3 is 1. The molecule has 2 heterocycles. The van der Waals surface area contributed by atoms with Crippen molar-refractivity contribution in [2.45, 2.75) is 13.5 Å². The van der Waals surface area contributed by atoms with Gasteiger partial charge in [-0.25, -0.2) is 0 Å². The van der Waals surface area contributed by atoms with E-state index in [4.69, 9.17) is 4.74 Å². The molecule has 0 radical (unpaired) electrons. The molecule has 21 heavy (non-hydrogen) atoms. The fraction of sp³-hybridized carbons (Fsp3) is 0.188. The topological polar surface area (TPSA) is 49.9 Å². The summed E-state index contributed by atoms with van der Waals surface area (Å²) in [4.78, 5) is 1.20. The molecular formula is C16H17N3OS. The Morgan fingerprint density at radius 3 is 2.95 bits per heavy atom. The normalized spacial score (nSPS) is 10.6. The van der Waals surface area contributed by atoms with E-state index in [1.807, 2.05) is 31.3 Å². The van der Waals surface area contributed by atoms with Gasteiger partial charge in [-0.2, -0.15) is 5.10 Å². The molecule has 0 amide bonds. The Kier molecular flexibility index (Phi) is 3.92. The minimum absolute atomic E-state index is 0.732. The zero-order valence-corrected chi connectivity index (χ0v) is 12.8. The number of nitrogens with zero attached hydrogens (tertiary/aromatic N) is 1. The Bertz CT molecular complexity index is 719. The van der Waals surface area contributed by atoms with Gasteiger partial charge in [0.05, 0.1) is 23.9 Å². The second kappa shape index (κ2) is 6.01. The van der Waals surface area contributed by atoms with Crippen LogP contribution < -0.4 is 10.1 Å². The lowest BCUT2D eigenvalue weighted by molar-refractivity contribution is 0.412. The fourth-order valence-corrected chi connectivity index (χ4v) is 3.02. The number of benzene rings is 1. The van der Waals surface area contributed by atoms with Crippen LogP contribution in [0.4, 0.5) is 5.69 Å². The second-order valence-corrected chi connectivity index (χ2v) is 5.73. The molecule has 4 nitrogen and oxygen atoms in total. The van der Waals surface area contributed by atoms with Crippen LogP contribution in [0.5, 0.6) is 5.75 Å². The van der Waals surface area contributed by atoms with Crippen molar-refractivity contribution < 1.29 is 4.74 Å². The number of aromatic nitrogens is 2. The smallest absolute Gasteiger partial charge is 0.121 e. The number of anilines is 1. The van der Waals surface area contributed by atoms with Crippen LogP contribution in [0, 0.1) is 6.92 Å². The minimum atomic E-state index is 0.732. The molecule has 0 saturated heterocycles. The molecule has 5 heteroatoms. The van der Waals surface area contributed by atoms with Crippen LogP contribution in [0.3, 0.4) is 0 Å². The summed E-state index contributed by atoms with van der Waals surface area (Å²) in [7, 11) is 1.69. The van der Waals surface area contributed by atoms with Crippen molar-refractivity contribution in [3.05, 3.63) is 53.0 Å². The van der Waals surface area contributed by atoms with Gasteiger partial charge in [0.2, 0.25) is 0 Å². The molecule has 0 atom stereocenters. The third-order valence-corrected chi connectivity index (χ3v) is 4.25. The number of aryl methyl sites for hydroxylation is 1. The van der Waals surface area contributed by atoms with Gasteiger partial charge in [0.15, 0.2) is 0 Å². The first-order valence-corrected chi connectivity index (χ1v) is 7.60. The number of hydrogen-bond donors (Lipinski definition) is 2. The van der Waals surface area contributed by atoms with Crippen LogP contribution in [-0.2, 0) is 6.54 Å². The van der Waals surface area contributed by atoms with Gasteiger partial charge in [-0.05, 0) is 42.1 Å². The monoisotopic (exact) mass is 299 g/mol. The first-order chi connectivity index (χ1) is 10.3.